The van der Waals surface area contributed by atoms with E-state index in [1.807, 2.05) is 0 Å². The van der Waals surface area contributed by atoms with Crippen molar-refractivity contribution in [2.75, 3.05) is 52.9 Å². The van der Waals surface area contributed by atoms with Gasteiger partial charge >= 0.3 is 21.1 Å². The van der Waals surface area contributed by atoms with Gasteiger partial charge in [-0.2, -0.15) is 0 Å². The molecule has 0 atom stereocenters. The van der Waals surface area contributed by atoms with E-state index in [1.54, 1.807) is 0 Å². The van der Waals surface area contributed by atoms with E-state index in [4.69, 9.17) is 85.2 Å². The van der Waals surface area contributed by atoms with Crippen LogP contribution >= 0.6 is 11.4 Å². The molecule has 15 heteroatoms. The van der Waals surface area contributed by atoms with Gasteiger partial charge in [-0.1, -0.05) is 23.6 Å². The Morgan fingerprint density at radius 3 is 0.800 bits per heavy atom. The van der Waals surface area contributed by atoms with Gasteiger partial charge < -0.3 is 61.5 Å². The van der Waals surface area contributed by atoms with Crippen molar-refractivity contribution in [1.82, 2.24) is 0 Å². The van der Waals surface area contributed by atoms with Crippen LogP contribution in [0.2, 0.25) is 0 Å². The van der Waals surface area contributed by atoms with Crippen molar-refractivity contribution in [3.8, 4) is 0 Å². The fourth-order valence-corrected chi connectivity index (χ4v) is 9.23. The molecule has 0 aromatic heterocycles. The van der Waals surface area contributed by atoms with Crippen molar-refractivity contribution >= 4 is 59.5 Å². The molecule has 4 saturated heterocycles. The molecule has 0 spiro atoms. The smallest absolute Gasteiger partial charge is 0.691 e. The Kier molecular flexibility index (Phi) is 17.2. The maximum atomic E-state index is 5.78. The van der Waals surface area contributed by atoms with Crippen molar-refractivity contribution in [2.45, 2.75) is 75.8 Å². The average molecular weight is 790 g/mol. The molecule has 0 saturated carbocycles. The van der Waals surface area contributed by atoms with Crippen LogP contribution in [-0.4, -0.2) is 77.3 Å². The van der Waals surface area contributed by atoms with Crippen molar-refractivity contribution in [3.05, 3.63) is 0 Å². The minimum atomic E-state index is -2.52. The summed E-state index contributed by atoms with van der Waals surface area (Å²) >= 11 is 21.2. The van der Waals surface area contributed by atoms with Crippen LogP contribution in [0.1, 0.15) is 51.4 Å². The second-order valence-electron chi connectivity index (χ2n) is 8.56. The van der Waals surface area contributed by atoms with Gasteiger partial charge in [-0.25, -0.2) is 0 Å². The third-order valence-corrected chi connectivity index (χ3v) is 10.1. The van der Waals surface area contributed by atoms with Crippen molar-refractivity contribution < 1.29 is 58.1 Å². The van der Waals surface area contributed by atoms with Crippen molar-refractivity contribution in [1.29, 1.82) is 0 Å². The standard InChI is InChI=1S/2C10H19O4PS2.Pt/c2*16-15(17,13-9-1-5-11-6-2-9)14-10-3-7-12-8-4-10;/h2*9-10H,1-8H2,(H,16,17);/q;;+2/p-2. The molecule has 35 heavy (non-hydrogen) atoms. The molecule has 0 bridgehead atoms. The number of rotatable bonds is 8. The van der Waals surface area contributed by atoms with E-state index in [-0.39, 0.29) is 45.5 Å². The molecule has 4 fully saturated rings. The summed E-state index contributed by atoms with van der Waals surface area (Å²) < 4.78 is 44.2. The molecule has 0 unspecified atom stereocenters. The Labute approximate surface area is 244 Å². The Balaban J connectivity index is 0.000000240. The third kappa shape index (κ3) is 14.5. The molecule has 0 aromatic carbocycles. The van der Waals surface area contributed by atoms with E-state index < -0.39 is 11.4 Å². The van der Waals surface area contributed by atoms with E-state index in [9.17, 15) is 0 Å². The second kappa shape index (κ2) is 17.9. The minimum Gasteiger partial charge on any atom is -0.691 e. The number of hydrogen-bond donors (Lipinski definition) is 0. The predicted molar refractivity (Wildman–Crippen MR) is 143 cm³/mol. The molecular formula is C20H36O8P2PtS4. The zero-order valence-electron chi connectivity index (χ0n) is 19.7. The van der Waals surface area contributed by atoms with E-state index in [2.05, 4.69) is 0 Å². The van der Waals surface area contributed by atoms with Crippen LogP contribution in [0, 0.1) is 0 Å². The summed E-state index contributed by atoms with van der Waals surface area (Å²) in [5, 5.41) is 0. The van der Waals surface area contributed by atoms with Gasteiger partial charge in [0, 0.05) is 52.9 Å². The van der Waals surface area contributed by atoms with E-state index in [0.717, 1.165) is 104 Å². The first kappa shape index (κ1) is 33.6. The molecule has 8 nitrogen and oxygen atoms in total. The van der Waals surface area contributed by atoms with Crippen LogP contribution in [0.5, 0.6) is 0 Å². The average Bonchev–Trinajstić information content (AvgIpc) is 2.81. The normalized spacial score (nSPS) is 24.3. The molecule has 0 radical (unpaired) electrons. The first-order chi connectivity index (χ1) is 16.3. The van der Waals surface area contributed by atoms with Gasteiger partial charge in [0.25, 0.3) is 0 Å². The Bertz CT molecular complexity index is 570. The van der Waals surface area contributed by atoms with Gasteiger partial charge in [-0.15, -0.1) is 0 Å². The molecule has 0 aromatic rings. The molecule has 0 aliphatic carbocycles. The van der Waals surface area contributed by atoms with Crippen molar-refractivity contribution in [2.24, 2.45) is 0 Å². The third-order valence-electron chi connectivity index (χ3n) is 5.79. The van der Waals surface area contributed by atoms with Gasteiger partial charge in [0.05, 0.1) is 35.8 Å². The monoisotopic (exact) mass is 789 g/mol. The maximum Gasteiger partial charge on any atom is 2.00 e. The van der Waals surface area contributed by atoms with Gasteiger partial charge in [0.2, 0.25) is 0 Å². The minimum absolute atomic E-state index is 0. The molecule has 4 aliphatic rings. The second-order valence-corrected chi connectivity index (χ2v) is 18.4. The van der Waals surface area contributed by atoms with Crippen molar-refractivity contribution in [3.63, 3.8) is 0 Å². The van der Waals surface area contributed by atoms with Crippen LogP contribution in [0.3, 0.4) is 0 Å². The fraction of sp³-hybridized carbons (Fsp3) is 1.00. The van der Waals surface area contributed by atoms with Crippen LogP contribution in [-0.2, 0) is 106 Å². The van der Waals surface area contributed by atoms with Gasteiger partial charge in [-0.05, 0) is 51.4 Å². The predicted octanol–water partition coefficient (Wildman–Crippen LogP) is 4.30. The Morgan fingerprint density at radius 1 is 0.457 bits per heavy atom. The molecular weight excluding hydrogens is 754 g/mol. The Morgan fingerprint density at radius 2 is 0.629 bits per heavy atom. The molecule has 4 rings (SSSR count). The van der Waals surface area contributed by atoms with E-state index >= 15 is 0 Å². The summed E-state index contributed by atoms with van der Waals surface area (Å²) in [4.78, 5) is 0. The molecule has 4 heterocycles. The van der Waals surface area contributed by atoms with Crippen LogP contribution in [0.25, 0.3) is 0 Å². The zero-order chi connectivity index (χ0) is 24.3. The Hall–Kier alpha value is 2.37. The molecule has 208 valence electrons. The first-order valence-electron chi connectivity index (χ1n) is 12.0. The molecule has 0 N–H and O–H groups in total. The largest absolute Gasteiger partial charge is 2.00 e. The molecule has 0 amide bonds. The first-order valence-corrected chi connectivity index (χ1v) is 19.3. The molecule has 4 aliphatic heterocycles. The maximum absolute atomic E-state index is 5.78. The van der Waals surface area contributed by atoms with Crippen LogP contribution in [0.4, 0.5) is 0 Å². The SMILES string of the molecule is S=P([S-])(OC1CCOCC1)OC1CCOCC1.S=P([S-])(OC1CCOCC1)OC1CCOCC1.[Pt+2]. The van der Waals surface area contributed by atoms with Crippen LogP contribution < -0.4 is 0 Å². The summed E-state index contributed by atoms with van der Waals surface area (Å²) in [6.07, 6.45) is 7.41. The zero-order valence-corrected chi connectivity index (χ0v) is 27.1. The number of ether oxygens (including phenoxy) is 4. The van der Waals surface area contributed by atoms with Gasteiger partial charge in [0.15, 0.2) is 0 Å². The fourth-order valence-electron chi connectivity index (χ4n) is 3.91. The number of hydrogen-bond acceptors (Lipinski definition) is 12. The van der Waals surface area contributed by atoms with E-state index in [0.29, 0.717) is 0 Å². The van der Waals surface area contributed by atoms with E-state index in [1.165, 1.54) is 0 Å². The summed E-state index contributed by atoms with van der Waals surface area (Å²) in [7, 11) is 0. The topological polar surface area (TPSA) is 73.8 Å². The summed E-state index contributed by atoms with van der Waals surface area (Å²) in [6, 6.07) is 0. The summed E-state index contributed by atoms with van der Waals surface area (Å²) in [5.74, 6) is 0. The quantitative estimate of drug-likeness (QED) is 0.261. The van der Waals surface area contributed by atoms with Gasteiger partial charge in [-0.3, -0.25) is 0 Å². The summed E-state index contributed by atoms with van der Waals surface area (Å²) in [5.41, 5.74) is -5.05. The van der Waals surface area contributed by atoms with Crippen LogP contribution in [0.15, 0.2) is 0 Å². The van der Waals surface area contributed by atoms with Gasteiger partial charge in [0.1, 0.15) is 0 Å². The summed E-state index contributed by atoms with van der Waals surface area (Å²) in [6.45, 7) is 5.83.